The van der Waals surface area contributed by atoms with Crippen molar-refractivity contribution in [1.29, 1.82) is 0 Å². The lowest BCUT2D eigenvalue weighted by atomic mass is 10.1. The second-order valence-corrected chi connectivity index (χ2v) is 8.82. The summed E-state index contributed by atoms with van der Waals surface area (Å²) in [5.74, 6) is 0.779. The number of ether oxygens (including phenoxy) is 1. The van der Waals surface area contributed by atoms with Gasteiger partial charge in [0.25, 0.3) is 0 Å². The van der Waals surface area contributed by atoms with Crippen LogP contribution in [-0.2, 0) is 15.8 Å². The molecule has 0 spiro atoms. The minimum atomic E-state index is -3.30. The van der Waals surface area contributed by atoms with Crippen LogP contribution in [0.15, 0.2) is 48.5 Å². The molecule has 1 saturated heterocycles. The molecule has 2 aromatic rings. The molecule has 2 aromatic carbocycles. The first-order valence-electron chi connectivity index (χ1n) is 8.38. The number of hydrogen-bond acceptors (Lipinski definition) is 3. The molecule has 25 heavy (non-hydrogen) atoms. The summed E-state index contributed by atoms with van der Waals surface area (Å²) in [6.45, 7) is 2.96. The third-order valence-electron chi connectivity index (χ3n) is 4.36. The van der Waals surface area contributed by atoms with E-state index in [0.29, 0.717) is 31.0 Å². The van der Waals surface area contributed by atoms with Crippen molar-refractivity contribution in [3.05, 3.63) is 64.7 Å². The first-order chi connectivity index (χ1) is 11.9. The van der Waals surface area contributed by atoms with Crippen molar-refractivity contribution in [2.75, 3.05) is 13.1 Å². The van der Waals surface area contributed by atoms with Gasteiger partial charge in [0.1, 0.15) is 11.9 Å². The molecule has 0 aliphatic carbocycles. The lowest BCUT2D eigenvalue weighted by molar-refractivity contribution is 0.135. The average Bonchev–Trinajstić information content (AvgIpc) is 2.57. The van der Waals surface area contributed by atoms with Gasteiger partial charge in [-0.2, -0.15) is 0 Å². The summed E-state index contributed by atoms with van der Waals surface area (Å²) in [5.41, 5.74) is 1.95. The molecule has 0 bridgehead atoms. The van der Waals surface area contributed by atoms with Crippen LogP contribution in [0.1, 0.15) is 24.0 Å². The van der Waals surface area contributed by atoms with Crippen LogP contribution in [0.2, 0.25) is 5.02 Å². The van der Waals surface area contributed by atoms with E-state index in [0.717, 1.165) is 16.9 Å². The van der Waals surface area contributed by atoms with Crippen LogP contribution in [0, 0.1) is 6.92 Å². The fraction of sp³-hybridized carbons (Fsp3) is 0.368. The Bertz CT molecular complexity index is 813. The maximum atomic E-state index is 12.6. The third kappa shape index (κ3) is 4.97. The van der Waals surface area contributed by atoms with E-state index in [-0.39, 0.29) is 11.9 Å². The van der Waals surface area contributed by atoms with Crippen LogP contribution in [0.3, 0.4) is 0 Å². The van der Waals surface area contributed by atoms with Crippen molar-refractivity contribution in [1.82, 2.24) is 4.31 Å². The van der Waals surface area contributed by atoms with Crippen molar-refractivity contribution in [3.63, 3.8) is 0 Å². The van der Waals surface area contributed by atoms with Crippen LogP contribution >= 0.6 is 11.6 Å². The minimum Gasteiger partial charge on any atom is -0.490 e. The van der Waals surface area contributed by atoms with E-state index < -0.39 is 10.0 Å². The Kier molecular flexibility index (Phi) is 5.67. The highest BCUT2D eigenvalue weighted by Gasteiger charge is 2.29. The SMILES string of the molecule is Cc1ccc(CS(=O)(=O)N2CCC(Oc3cccc(Cl)c3)CC2)cc1. The molecule has 1 fully saturated rings. The van der Waals surface area contributed by atoms with E-state index in [1.54, 1.807) is 16.4 Å². The van der Waals surface area contributed by atoms with Gasteiger partial charge in [-0.05, 0) is 43.5 Å². The van der Waals surface area contributed by atoms with Gasteiger partial charge in [-0.15, -0.1) is 0 Å². The molecule has 0 unspecified atom stereocenters. The molecule has 0 aromatic heterocycles. The van der Waals surface area contributed by atoms with Gasteiger partial charge in [0.15, 0.2) is 0 Å². The van der Waals surface area contributed by atoms with Gasteiger partial charge < -0.3 is 4.74 Å². The Morgan fingerprint density at radius 2 is 1.80 bits per heavy atom. The van der Waals surface area contributed by atoms with Crippen LogP contribution in [0.4, 0.5) is 0 Å². The summed E-state index contributed by atoms with van der Waals surface area (Å²) in [6, 6.07) is 14.9. The molecule has 3 rings (SSSR count). The number of benzene rings is 2. The quantitative estimate of drug-likeness (QED) is 0.788. The number of piperidine rings is 1. The molecule has 0 amide bonds. The molecule has 1 aliphatic heterocycles. The first-order valence-corrected chi connectivity index (χ1v) is 10.4. The Morgan fingerprint density at radius 3 is 2.44 bits per heavy atom. The predicted molar refractivity (Wildman–Crippen MR) is 100 cm³/mol. The van der Waals surface area contributed by atoms with Crippen molar-refractivity contribution >= 4 is 21.6 Å². The largest absolute Gasteiger partial charge is 0.490 e. The second-order valence-electron chi connectivity index (χ2n) is 6.42. The lowest BCUT2D eigenvalue weighted by Gasteiger charge is -2.31. The molecular weight excluding hydrogens is 358 g/mol. The zero-order valence-electron chi connectivity index (χ0n) is 14.2. The highest BCUT2D eigenvalue weighted by Crippen LogP contribution is 2.24. The Morgan fingerprint density at radius 1 is 1.12 bits per heavy atom. The fourth-order valence-corrected chi connectivity index (χ4v) is 4.69. The molecule has 134 valence electrons. The number of hydrogen-bond donors (Lipinski definition) is 0. The van der Waals surface area contributed by atoms with Crippen molar-refractivity contribution < 1.29 is 13.2 Å². The van der Waals surface area contributed by atoms with Gasteiger partial charge in [-0.25, -0.2) is 12.7 Å². The summed E-state index contributed by atoms with van der Waals surface area (Å²) in [7, 11) is -3.30. The van der Waals surface area contributed by atoms with Gasteiger partial charge in [0, 0.05) is 18.1 Å². The van der Waals surface area contributed by atoms with Crippen LogP contribution < -0.4 is 4.74 Å². The standard InChI is InChI=1S/C19H22ClNO3S/c1-15-5-7-16(8-6-15)14-25(22,23)21-11-9-18(10-12-21)24-19-4-2-3-17(20)13-19/h2-8,13,18H,9-12,14H2,1H3. The van der Waals surface area contributed by atoms with Crippen LogP contribution in [0.25, 0.3) is 0 Å². The van der Waals surface area contributed by atoms with E-state index in [1.807, 2.05) is 43.3 Å². The summed E-state index contributed by atoms with van der Waals surface area (Å²) in [6.07, 6.45) is 1.38. The predicted octanol–water partition coefficient (Wildman–Crippen LogP) is 4.02. The van der Waals surface area contributed by atoms with E-state index in [1.165, 1.54) is 0 Å². The van der Waals surface area contributed by atoms with Crippen molar-refractivity contribution in [2.45, 2.75) is 31.6 Å². The smallest absolute Gasteiger partial charge is 0.218 e. The molecule has 1 heterocycles. The second kappa shape index (κ2) is 7.77. The summed E-state index contributed by atoms with van der Waals surface area (Å²) < 4.78 is 32.7. The molecule has 0 saturated carbocycles. The normalized spacial score (nSPS) is 16.7. The summed E-state index contributed by atoms with van der Waals surface area (Å²) in [4.78, 5) is 0. The number of rotatable bonds is 5. The average molecular weight is 380 g/mol. The maximum absolute atomic E-state index is 12.6. The zero-order valence-corrected chi connectivity index (χ0v) is 15.8. The molecule has 1 aliphatic rings. The Balaban J connectivity index is 1.56. The van der Waals surface area contributed by atoms with E-state index in [9.17, 15) is 8.42 Å². The Labute approximate surface area is 154 Å². The Hall–Kier alpha value is -1.56. The molecular formula is C19H22ClNO3S. The number of nitrogens with zero attached hydrogens (tertiary/aromatic N) is 1. The highest BCUT2D eigenvalue weighted by molar-refractivity contribution is 7.88. The zero-order chi connectivity index (χ0) is 17.9. The topological polar surface area (TPSA) is 46.6 Å². The molecule has 4 nitrogen and oxygen atoms in total. The van der Waals surface area contributed by atoms with Crippen molar-refractivity contribution in [3.8, 4) is 5.75 Å². The first kappa shape index (κ1) is 18.2. The van der Waals surface area contributed by atoms with Gasteiger partial charge in [-0.3, -0.25) is 0 Å². The van der Waals surface area contributed by atoms with Crippen molar-refractivity contribution in [2.24, 2.45) is 0 Å². The van der Waals surface area contributed by atoms with Gasteiger partial charge >= 0.3 is 0 Å². The van der Waals surface area contributed by atoms with Gasteiger partial charge in [-0.1, -0.05) is 47.5 Å². The molecule has 0 radical (unpaired) electrons. The third-order valence-corrected chi connectivity index (χ3v) is 6.45. The van der Waals surface area contributed by atoms with Gasteiger partial charge in [0.05, 0.1) is 5.75 Å². The van der Waals surface area contributed by atoms with E-state index in [2.05, 4.69) is 0 Å². The van der Waals surface area contributed by atoms with Crippen LogP contribution in [0.5, 0.6) is 5.75 Å². The summed E-state index contributed by atoms with van der Waals surface area (Å²) >= 11 is 5.96. The summed E-state index contributed by atoms with van der Waals surface area (Å²) in [5, 5.41) is 0.635. The van der Waals surface area contributed by atoms with E-state index in [4.69, 9.17) is 16.3 Å². The molecule has 0 atom stereocenters. The number of sulfonamides is 1. The lowest BCUT2D eigenvalue weighted by Crippen LogP contribution is -2.42. The monoisotopic (exact) mass is 379 g/mol. The van der Waals surface area contributed by atoms with Crippen LogP contribution in [-0.4, -0.2) is 31.9 Å². The molecule has 0 N–H and O–H groups in total. The fourth-order valence-electron chi connectivity index (χ4n) is 2.95. The maximum Gasteiger partial charge on any atom is 0.218 e. The minimum absolute atomic E-state index is 0.0179. The highest BCUT2D eigenvalue weighted by atomic mass is 35.5. The van der Waals surface area contributed by atoms with E-state index >= 15 is 0 Å². The molecule has 6 heteroatoms. The van der Waals surface area contributed by atoms with Gasteiger partial charge in [0.2, 0.25) is 10.0 Å². The number of halogens is 1. The number of aryl methyl sites for hydroxylation is 1.